The van der Waals surface area contributed by atoms with Crippen LogP contribution in [0.3, 0.4) is 0 Å². The van der Waals surface area contributed by atoms with Crippen LogP contribution < -0.4 is 5.32 Å². The van der Waals surface area contributed by atoms with Crippen molar-refractivity contribution in [2.45, 2.75) is 49.3 Å². The van der Waals surface area contributed by atoms with Gasteiger partial charge in [0, 0.05) is 25.2 Å². The van der Waals surface area contributed by atoms with Crippen LogP contribution >= 0.6 is 0 Å². The molecule has 2 fully saturated rings. The second-order valence-electron chi connectivity index (χ2n) is 10.1. The molecule has 2 amide bonds. The summed E-state index contributed by atoms with van der Waals surface area (Å²) in [6.07, 6.45) is 3.56. The Labute approximate surface area is 215 Å². The number of nitrogens with zero attached hydrogens (tertiary/aromatic N) is 3. The summed E-state index contributed by atoms with van der Waals surface area (Å²) >= 11 is 0. The lowest BCUT2D eigenvalue weighted by atomic mass is 9.80. The minimum atomic E-state index is -4.46. The first-order valence-corrected chi connectivity index (χ1v) is 13.6. The lowest BCUT2D eigenvalue weighted by Gasteiger charge is -2.38. The summed E-state index contributed by atoms with van der Waals surface area (Å²) in [5, 5.41) is 14.6. The summed E-state index contributed by atoms with van der Waals surface area (Å²) in [5.74, 6) is -1.39. The molecule has 0 aliphatic carbocycles. The Morgan fingerprint density at radius 3 is 2.51 bits per heavy atom. The van der Waals surface area contributed by atoms with E-state index in [1.807, 2.05) is 44.2 Å². The summed E-state index contributed by atoms with van der Waals surface area (Å²) in [6, 6.07) is 12.6. The third-order valence-corrected chi connectivity index (χ3v) is 9.37. The first kappa shape index (κ1) is 25.1. The van der Waals surface area contributed by atoms with Gasteiger partial charge in [0.2, 0.25) is 11.8 Å². The van der Waals surface area contributed by atoms with Crippen molar-refractivity contribution in [2.75, 3.05) is 6.54 Å². The molecular formula is C26H28N4O6S. The van der Waals surface area contributed by atoms with Crippen molar-refractivity contribution in [1.82, 2.24) is 14.5 Å². The largest absolute Gasteiger partial charge is 0.354 e. The molecule has 0 unspecified atom stereocenters. The number of likely N-dealkylation sites (tertiary alicyclic amines) is 1. The van der Waals surface area contributed by atoms with Crippen molar-refractivity contribution in [3.8, 4) is 0 Å². The van der Waals surface area contributed by atoms with E-state index in [1.165, 1.54) is 27.4 Å². The van der Waals surface area contributed by atoms with Gasteiger partial charge in [-0.1, -0.05) is 68.5 Å². The summed E-state index contributed by atoms with van der Waals surface area (Å²) in [4.78, 5) is 39.5. The lowest BCUT2D eigenvalue weighted by molar-refractivity contribution is -0.387. The zero-order valence-electron chi connectivity index (χ0n) is 20.5. The first-order chi connectivity index (χ1) is 17.6. The fraction of sp³-hybridized carbons (Fsp3) is 0.385. The maximum Gasteiger partial charge on any atom is 0.289 e. The molecular weight excluding hydrogens is 496 g/mol. The molecule has 3 aliphatic rings. The Morgan fingerprint density at radius 2 is 1.84 bits per heavy atom. The molecule has 2 saturated heterocycles. The highest BCUT2D eigenvalue weighted by Crippen LogP contribution is 2.56. The molecule has 3 aliphatic heterocycles. The molecule has 2 aromatic carbocycles. The molecule has 1 N–H and O–H groups in total. The van der Waals surface area contributed by atoms with Gasteiger partial charge in [0.25, 0.3) is 15.7 Å². The van der Waals surface area contributed by atoms with E-state index in [1.54, 1.807) is 12.2 Å². The third-order valence-electron chi connectivity index (χ3n) is 7.36. The first-order valence-electron chi connectivity index (χ1n) is 12.2. The highest BCUT2D eigenvalue weighted by molar-refractivity contribution is 7.89. The van der Waals surface area contributed by atoms with Crippen LogP contribution in [0.15, 0.2) is 71.6 Å². The van der Waals surface area contributed by atoms with Crippen LogP contribution in [0.5, 0.6) is 0 Å². The Balaban J connectivity index is 1.63. The number of nitro benzene ring substituents is 1. The molecule has 4 atom stereocenters. The smallest absolute Gasteiger partial charge is 0.289 e. The molecule has 37 heavy (non-hydrogen) atoms. The van der Waals surface area contributed by atoms with Crippen LogP contribution in [0.25, 0.3) is 0 Å². The van der Waals surface area contributed by atoms with Gasteiger partial charge in [-0.3, -0.25) is 19.7 Å². The fourth-order valence-corrected chi connectivity index (χ4v) is 7.96. The number of nitrogens with one attached hydrogen (secondary N) is 1. The van der Waals surface area contributed by atoms with Gasteiger partial charge in [-0.15, -0.1) is 0 Å². The van der Waals surface area contributed by atoms with Crippen LogP contribution in [-0.2, 0) is 26.2 Å². The molecule has 3 heterocycles. The zero-order valence-corrected chi connectivity index (χ0v) is 21.3. The van der Waals surface area contributed by atoms with Gasteiger partial charge < -0.3 is 10.2 Å². The van der Waals surface area contributed by atoms with Gasteiger partial charge >= 0.3 is 0 Å². The number of carbonyl (C=O) groups excluding carboxylic acids is 2. The van der Waals surface area contributed by atoms with Gasteiger partial charge in [-0.05, 0) is 24.0 Å². The van der Waals surface area contributed by atoms with E-state index in [9.17, 15) is 28.1 Å². The van der Waals surface area contributed by atoms with Crippen molar-refractivity contribution >= 4 is 27.5 Å². The van der Waals surface area contributed by atoms with Gasteiger partial charge in [0.15, 0.2) is 4.90 Å². The van der Waals surface area contributed by atoms with Crippen LogP contribution in [-0.4, -0.2) is 58.5 Å². The second-order valence-corrected chi connectivity index (χ2v) is 11.9. The number of hydrogen-bond donors (Lipinski definition) is 1. The Hall–Kier alpha value is -3.57. The van der Waals surface area contributed by atoms with Crippen molar-refractivity contribution < 1.29 is 22.9 Å². The number of fused-ring (bicyclic) bond motifs is 1. The number of benzene rings is 2. The summed E-state index contributed by atoms with van der Waals surface area (Å²) in [7, 11) is -4.46. The minimum absolute atomic E-state index is 0.134. The Kier molecular flexibility index (Phi) is 6.15. The molecule has 2 aromatic rings. The predicted octanol–water partition coefficient (Wildman–Crippen LogP) is 2.47. The molecule has 194 valence electrons. The van der Waals surface area contributed by atoms with Gasteiger partial charge in [0.1, 0.15) is 6.04 Å². The molecule has 0 saturated carbocycles. The average Bonchev–Trinajstić information content (AvgIpc) is 3.49. The Bertz CT molecular complexity index is 1390. The number of hydrogen-bond acceptors (Lipinski definition) is 6. The van der Waals surface area contributed by atoms with E-state index in [-0.39, 0.29) is 24.8 Å². The molecule has 2 bridgehead atoms. The lowest BCUT2D eigenvalue weighted by Crippen LogP contribution is -2.61. The van der Waals surface area contributed by atoms with E-state index in [4.69, 9.17) is 0 Å². The van der Waals surface area contributed by atoms with Crippen LogP contribution in [0.4, 0.5) is 5.69 Å². The number of carbonyl (C=O) groups is 2. The summed E-state index contributed by atoms with van der Waals surface area (Å²) < 4.78 is 29.3. The molecule has 0 aromatic heterocycles. The van der Waals surface area contributed by atoms with Gasteiger partial charge in [-0.2, -0.15) is 4.31 Å². The minimum Gasteiger partial charge on any atom is -0.354 e. The number of amides is 2. The van der Waals surface area contributed by atoms with E-state index in [0.717, 1.165) is 11.6 Å². The second kappa shape index (κ2) is 9.07. The standard InChI is InChI=1S/C26H28N4O6S/c1-17(2)15-27-24(31)23-26-13-12-19(14-20(26)25(32)28(23)16-18-8-4-3-5-9-18)29(26)37(35,36)22-11-7-6-10-21(22)30(33)34/h3-13,17,19-20,23H,14-16H2,1-2H3,(H,27,31)/t19-,20-,23+,26-/m1/s1. The molecule has 11 heteroatoms. The fourth-order valence-electron chi connectivity index (χ4n) is 5.88. The van der Waals surface area contributed by atoms with E-state index in [0.29, 0.717) is 6.54 Å². The average molecular weight is 525 g/mol. The molecule has 10 nitrogen and oxygen atoms in total. The number of sulfonamides is 1. The number of para-hydroxylation sites is 1. The number of nitro groups is 1. The SMILES string of the molecule is CC(C)CNC(=O)[C@@H]1N(Cc2ccccc2)C(=O)[C@H]2C[C@H]3C=C[C@@]21N3S(=O)(=O)c1ccccc1[N+](=O)[O-]. The summed E-state index contributed by atoms with van der Waals surface area (Å²) in [6.45, 7) is 4.37. The van der Waals surface area contributed by atoms with E-state index < -0.39 is 55.0 Å². The van der Waals surface area contributed by atoms with Crippen molar-refractivity contribution in [3.05, 3.63) is 82.4 Å². The normalized spacial score (nSPS) is 26.6. The zero-order chi connectivity index (χ0) is 26.5. The summed E-state index contributed by atoms with van der Waals surface area (Å²) in [5.41, 5.74) is -1.23. The van der Waals surface area contributed by atoms with Crippen molar-refractivity contribution in [2.24, 2.45) is 11.8 Å². The maximum atomic E-state index is 14.1. The predicted molar refractivity (Wildman–Crippen MR) is 135 cm³/mol. The van der Waals surface area contributed by atoms with Crippen LogP contribution in [0.2, 0.25) is 0 Å². The molecule has 1 spiro atoms. The van der Waals surface area contributed by atoms with Crippen molar-refractivity contribution in [3.63, 3.8) is 0 Å². The quantitative estimate of drug-likeness (QED) is 0.321. The third kappa shape index (κ3) is 3.84. The van der Waals surface area contributed by atoms with Crippen molar-refractivity contribution in [1.29, 1.82) is 0 Å². The van der Waals surface area contributed by atoms with E-state index >= 15 is 0 Å². The van der Waals surface area contributed by atoms with Gasteiger partial charge in [0.05, 0.1) is 16.4 Å². The van der Waals surface area contributed by atoms with Crippen LogP contribution in [0.1, 0.15) is 25.8 Å². The van der Waals surface area contributed by atoms with Crippen LogP contribution in [0, 0.1) is 22.0 Å². The monoisotopic (exact) mass is 524 g/mol. The van der Waals surface area contributed by atoms with Gasteiger partial charge in [-0.25, -0.2) is 8.42 Å². The maximum absolute atomic E-state index is 14.1. The topological polar surface area (TPSA) is 130 Å². The number of rotatable bonds is 8. The highest BCUT2D eigenvalue weighted by Gasteiger charge is 2.73. The molecule has 0 radical (unpaired) electrons. The highest BCUT2D eigenvalue weighted by atomic mass is 32.2. The molecule has 5 rings (SSSR count). The van der Waals surface area contributed by atoms with E-state index in [2.05, 4.69) is 5.32 Å². The Morgan fingerprint density at radius 1 is 1.16 bits per heavy atom.